The van der Waals surface area contributed by atoms with Gasteiger partial charge in [-0.25, -0.2) is 9.55 Å². The van der Waals surface area contributed by atoms with E-state index < -0.39 is 5.56 Å². The van der Waals surface area contributed by atoms with Crippen molar-refractivity contribution in [1.82, 2.24) is 19.3 Å². The molecule has 0 aliphatic carbocycles. The molecule has 0 atom stereocenters. The number of pyridine rings is 2. The van der Waals surface area contributed by atoms with Crippen LogP contribution >= 0.6 is 0 Å². The fraction of sp³-hybridized carbons (Fsp3) is 0. The Morgan fingerprint density at radius 3 is 2.11 bits per heavy atom. The quantitative estimate of drug-likeness (QED) is 0.412. The van der Waals surface area contributed by atoms with Crippen molar-refractivity contribution in [2.45, 2.75) is 0 Å². The Balaban J connectivity index is 1.64. The number of benzene rings is 2. The van der Waals surface area contributed by atoms with Crippen molar-refractivity contribution in [1.29, 1.82) is 10.5 Å². The van der Waals surface area contributed by atoms with E-state index in [2.05, 4.69) is 10.1 Å². The van der Waals surface area contributed by atoms with Crippen molar-refractivity contribution in [3.8, 4) is 46.0 Å². The lowest BCUT2D eigenvalue weighted by atomic mass is 9.96. The molecule has 9 heteroatoms. The topological polar surface area (TPSA) is 143 Å². The zero-order valence-electron chi connectivity index (χ0n) is 19.2. The Morgan fingerprint density at radius 1 is 0.757 bits per heavy atom. The number of anilines is 1. The van der Waals surface area contributed by atoms with E-state index in [1.807, 2.05) is 42.5 Å². The number of nitrogens with zero attached hydrogens (tertiary/aromatic N) is 6. The first-order valence-corrected chi connectivity index (χ1v) is 11.1. The molecule has 5 rings (SSSR count). The SMILES string of the molecule is N#Cc1c(-c2ccc(-n3nc(-c4ccccc4)ccc3=O)cc2)c(C#N)c(=O)n(-c2ccccn2)c1N. The highest BCUT2D eigenvalue weighted by atomic mass is 16.1. The number of aromatic nitrogens is 4. The van der Waals surface area contributed by atoms with Gasteiger partial charge in [0.2, 0.25) is 0 Å². The molecule has 3 aromatic heterocycles. The summed E-state index contributed by atoms with van der Waals surface area (Å²) in [6.07, 6.45) is 1.48. The minimum Gasteiger partial charge on any atom is -0.384 e. The molecule has 0 bridgehead atoms. The second-order valence-corrected chi connectivity index (χ2v) is 7.94. The summed E-state index contributed by atoms with van der Waals surface area (Å²) in [6, 6.07) is 27.9. The highest BCUT2D eigenvalue weighted by molar-refractivity contribution is 5.81. The molecular formula is C28H17N7O2. The van der Waals surface area contributed by atoms with Crippen molar-refractivity contribution >= 4 is 5.82 Å². The Morgan fingerprint density at radius 2 is 1.46 bits per heavy atom. The van der Waals surface area contributed by atoms with Gasteiger partial charge in [-0.2, -0.15) is 20.3 Å². The lowest BCUT2D eigenvalue weighted by Gasteiger charge is -2.15. The Hall–Kier alpha value is -5.80. The van der Waals surface area contributed by atoms with Gasteiger partial charge in [0.05, 0.1) is 11.4 Å². The van der Waals surface area contributed by atoms with Crippen LogP contribution < -0.4 is 16.9 Å². The van der Waals surface area contributed by atoms with E-state index in [1.54, 1.807) is 48.5 Å². The summed E-state index contributed by atoms with van der Waals surface area (Å²) in [7, 11) is 0. The maximum atomic E-state index is 13.2. The maximum Gasteiger partial charge on any atom is 0.276 e. The van der Waals surface area contributed by atoms with Gasteiger partial charge in [-0.05, 0) is 35.9 Å². The Kier molecular flexibility index (Phi) is 5.87. The summed E-state index contributed by atoms with van der Waals surface area (Å²) >= 11 is 0. The molecule has 0 amide bonds. The summed E-state index contributed by atoms with van der Waals surface area (Å²) in [5.41, 5.74) is 7.42. The highest BCUT2D eigenvalue weighted by Gasteiger charge is 2.23. The third-order valence-corrected chi connectivity index (χ3v) is 5.79. The highest BCUT2D eigenvalue weighted by Crippen LogP contribution is 2.30. The van der Waals surface area contributed by atoms with E-state index in [4.69, 9.17) is 5.73 Å². The Bertz CT molecular complexity index is 1830. The fourth-order valence-electron chi connectivity index (χ4n) is 4.04. The van der Waals surface area contributed by atoms with Crippen molar-refractivity contribution in [3.05, 3.63) is 123 Å². The molecule has 3 heterocycles. The second-order valence-electron chi connectivity index (χ2n) is 7.94. The molecule has 0 radical (unpaired) electrons. The van der Waals surface area contributed by atoms with Gasteiger partial charge in [0.1, 0.15) is 34.9 Å². The van der Waals surface area contributed by atoms with Crippen molar-refractivity contribution in [2.24, 2.45) is 0 Å². The first-order valence-electron chi connectivity index (χ1n) is 11.1. The third kappa shape index (κ3) is 4.03. The average molecular weight is 483 g/mol. The predicted molar refractivity (Wildman–Crippen MR) is 138 cm³/mol. The largest absolute Gasteiger partial charge is 0.384 e. The van der Waals surface area contributed by atoms with Gasteiger partial charge in [-0.1, -0.05) is 48.5 Å². The van der Waals surface area contributed by atoms with Gasteiger partial charge in [-0.3, -0.25) is 9.59 Å². The van der Waals surface area contributed by atoms with Crippen LogP contribution in [0, 0.1) is 22.7 Å². The molecule has 176 valence electrons. The maximum absolute atomic E-state index is 13.2. The van der Waals surface area contributed by atoms with Crippen LogP contribution in [-0.4, -0.2) is 19.3 Å². The molecule has 5 aromatic rings. The van der Waals surface area contributed by atoms with Crippen LogP contribution in [0.25, 0.3) is 33.9 Å². The van der Waals surface area contributed by atoms with Crippen molar-refractivity contribution < 1.29 is 0 Å². The first-order chi connectivity index (χ1) is 18.0. The number of hydrogen-bond donors (Lipinski definition) is 1. The number of nitrogens with two attached hydrogens (primary N) is 1. The van der Waals surface area contributed by atoms with Gasteiger partial charge < -0.3 is 5.73 Å². The zero-order valence-corrected chi connectivity index (χ0v) is 19.2. The van der Waals surface area contributed by atoms with Crippen LogP contribution in [0.4, 0.5) is 5.82 Å². The van der Waals surface area contributed by atoms with Crippen LogP contribution in [-0.2, 0) is 0 Å². The summed E-state index contributed by atoms with van der Waals surface area (Å²) < 4.78 is 2.31. The van der Waals surface area contributed by atoms with Crippen LogP contribution in [0.1, 0.15) is 11.1 Å². The summed E-state index contributed by atoms with van der Waals surface area (Å²) in [5, 5.41) is 24.3. The Labute approximate surface area is 210 Å². The smallest absolute Gasteiger partial charge is 0.276 e. The summed E-state index contributed by atoms with van der Waals surface area (Å²) in [4.78, 5) is 29.9. The van der Waals surface area contributed by atoms with Crippen LogP contribution in [0.2, 0.25) is 0 Å². The van der Waals surface area contributed by atoms with Crippen LogP contribution in [0.5, 0.6) is 0 Å². The number of hydrogen-bond acceptors (Lipinski definition) is 7. The average Bonchev–Trinajstić information content (AvgIpc) is 2.94. The van der Waals surface area contributed by atoms with Crippen LogP contribution in [0.3, 0.4) is 0 Å². The number of nitrogen functional groups attached to an aromatic ring is 1. The minimum absolute atomic E-state index is 0.0316. The molecular weight excluding hydrogens is 466 g/mol. The van der Waals surface area contributed by atoms with E-state index in [0.29, 0.717) is 16.9 Å². The predicted octanol–water partition coefficient (Wildman–Crippen LogP) is 3.44. The van der Waals surface area contributed by atoms with Crippen molar-refractivity contribution in [3.63, 3.8) is 0 Å². The standard InChI is InChI=1S/C28H17N7O2/c29-16-21-26(22(17-30)28(37)34(27(21)31)24-8-4-5-15-32-24)19-9-11-20(12-10-19)35-25(36)14-13-23(33-35)18-6-2-1-3-7-18/h1-15H,31H2. The molecule has 37 heavy (non-hydrogen) atoms. The van der Waals surface area contributed by atoms with Gasteiger partial charge in [0, 0.05) is 23.4 Å². The number of nitriles is 2. The molecule has 0 fully saturated rings. The zero-order chi connectivity index (χ0) is 25.9. The summed E-state index contributed by atoms with van der Waals surface area (Å²) in [5.74, 6) is 0.0707. The van der Waals surface area contributed by atoms with E-state index in [0.717, 1.165) is 10.1 Å². The normalized spacial score (nSPS) is 10.4. The fourth-order valence-corrected chi connectivity index (χ4v) is 4.04. The first kappa shape index (κ1) is 23.0. The van der Waals surface area contributed by atoms with Gasteiger partial charge in [-0.15, -0.1) is 0 Å². The van der Waals surface area contributed by atoms with Gasteiger partial charge in [0.25, 0.3) is 11.1 Å². The van der Waals surface area contributed by atoms with Crippen molar-refractivity contribution in [2.75, 3.05) is 5.73 Å². The van der Waals surface area contributed by atoms with E-state index in [1.165, 1.54) is 16.9 Å². The molecule has 0 spiro atoms. The lowest BCUT2D eigenvalue weighted by Crippen LogP contribution is -2.27. The van der Waals surface area contributed by atoms with Gasteiger partial charge >= 0.3 is 0 Å². The van der Waals surface area contributed by atoms with Crippen LogP contribution in [0.15, 0.2) is 101 Å². The molecule has 0 aliphatic heterocycles. The molecule has 0 saturated heterocycles. The summed E-state index contributed by atoms with van der Waals surface area (Å²) in [6.45, 7) is 0. The molecule has 0 aliphatic rings. The minimum atomic E-state index is -0.690. The molecule has 9 nitrogen and oxygen atoms in total. The van der Waals surface area contributed by atoms with E-state index in [9.17, 15) is 20.1 Å². The molecule has 2 N–H and O–H groups in total. The molecule has 2 aromatic carbocycles. The van der Waals surface area contributed by atoms with Gasteiger partial charge in [0.15, 0.2) is 0 Å². The second kappa shape index (κ2) is 9.45. The number of rotatable bonds is 4. The third-order valence-electron chi connectivity index (χ3n) is 5.79. The monoisotopic (exact) mass is 483 g/mol. The molecule has 0 saturated carbocycles. The van der Waals surface area contributed by atoms with E-state index in [-0.39, 0.29) is 33.9 Å². The lowest BCUT2D eigenvalue weighted by molar-refractivity contribution is 0.812. The molecule has 0 unspecified atom stereocenters. The van der Waals surface area contributed by atoms with E-state index >= 15 is 0 Å².